The van der Waals surface area contributed by atoms with E-state index in [0.29, 0.717) is 18.8 Å². The van der Waals surface area contributed by atoms with Crippen LogP contribution in [0.25, 0.3) is 11.4 Å². The molecule has 31 heavy (non-hydrogen) atoms. The number of carbonyl (C=O) groups excluding carboxylic acids is 2. The molecule has 1 aliphatic rings. The first-order chi connectivity index (χ1) is 14.7. The van der Waals surface area contributed by atoms with Crippen molar-refractivity contribution in [3.05, 3.63) is 41.7 Å². The van der Waals surface area contributed by atoms with Gasteiger partial charge in [-0.25, -0.2) is 4.98 Å². The normalized spacial score (nSPS) is 15.8. The summed E-state index contributed by atoms with van der Waals surface area (Å²) in [6.45, 7) is 11.2. The zero-order valence-electron chi connectivity index (χ0n) is 19.6. The molecule has 0 fully saturated rings. The predicted molar refractivity (Wildman–Crippen MR) is 124 cm³/mol. The van der Waals surface area contributed by atoms with Gasteiger partial charge in [0.25, 0.3) is 0 Å². The molecule has 0 saturated heterocycles. The van der Waals surface area contributed by atoms with Crippen LogP contribution >= 0.6 is 0 Å². The summed E-state index contributed by atoms with van der Waals surface area (Å²) in [5.74, 6) is 0.353. The Hall–Kier alpha value is -2.47. The lowest BCUT2D eigenvalue weighted by molar-refractivity contribution is -0.128. The Balaban J connectivity index is 1.98. The molecular formula is C25H36N4O2. The van der Waals surface area contributed by atoms with Crippen LogP contribution in [0.2, 0.25) is 0 Å². The van der Waals surface area contributed by atoms with Gasteiger partial charge in [0.1, 0.15) is 11.5 Å². The Morgan fingerprint density at radius 1 is 1.16 bits per heavy atom. The number of ketones is 1. The number of hydrogen-bond donors (Lipinski definition) is 1. The minimum atomic E-state index is -0.396. The van der Waals surface area contributed by atoms with Gasteiger partial charge < -0.3 is 14.8 Å². The highest BCUT2D eigenvalue weighted by Crippen LogP contribution is 2.32. The second kappa shape index (κ2) is 9.77. The van der Waals surface area contributed by atoms with Gasteiger partial charge in [-0.1, -0.05) is 58.0 Å². The molecule has 1 aromatic carbocycles. The number of nitrogens with one attached hydrogen (secondary N) is 1. The zero-order valence-corrected chi connectivity index (χ0v) is 19.6. The summed E-state index contributed by atoms with van der Waals surface area (Å²) < 4.78 is 2.20. The van der Waals surface area contributed by atoms with Gasteiger partial charge in [-0.05, 0) is 31.8 Å². The van der Waals surface area contributed by atoms with Crippen molar-refractivity contribution in [3.8, 4) is 11.4 Å². The number of nitrogens with zero attached hydrogens (tertiary/aromatic N) is 3. The molecule has 0 unspecified atom stereocenters. The predicted octanol–water partition coefficient (Wildman–Crippen LogP) is 4.15. The molecule has 2 heterocycles. The van der Waals surface area contributed by atoms with Crippen molar-refractivity contribution >= 4 is 11.7 Å². The van der Waals surface area contributed by atoms with Gasteiger partial charge in [0, 0.05) is 31.6 Å². The number of benzene rings is 1. The van der Waals surface area contributed by atoms with E-state index in [0.717, 1.165) is 43.0 Å². The zero-order chi connectivity index (χ0) is 22.6. The topological polar surface area (TPSA) is 67.2 Å². The monoisotopic (exact) mass is 424 g/mol. The van der Waals surface area contributed by atoms with Gasteiger partial charge in [-0.3, -0.25) is 9.59 Å². The molecule has 2 aromatic rings. The van der Waals surface area contributed by atoms with Crippen LogP contribution < -0.4 is 5.32 Å². The Labute approximate surface area is 186 Å². The third-order valence-corrected chi connectivity index (χ3v) is 6.01. The lowest BCUT2D eigenvalue weighted by atomic mass is 9.77. The van der Waals surface area contributed by atoms with E-state index in [4.69, 9.17) is 4.98 Å². The number of imidazole rings is 1. The minimum absolute atomic E-state index is 0.0478. The first kappa shape index (κ1) is 23.2. The van der Waals surface area contributed by atoms with Gasteiger partial charge in [-0.2, -0.15) is 0 Å². The van der Waals surface area contributed by atoms with E-state index >= 15 is 0 Å². The van der Waals surface area contributed by atoms with Gasteiger partial charge in [-0.15, -0.1) is 0 Å². The lowest BCUT2D eigenvalue weighted by Gasteiger charge is -2.29. The van der Waals surface area contributed by atoms with Crippen LogP contribution in [0, 0.1) is 11.3 Å². The second-order valence-electron chi connectivity index (χ2n) is 9.68. The summed E-state index contributed by atoms with van der Waals surface area (Å²) in [5.41, 5.74) is 2.18. The van der Waals surface area contributed by atoms with E-state index in [-0.39, 0.29) is 23.5 Å². The average Bonchev–Trinajstić information content (AvgIpc) is 2.96. The molecule has 3 rings (SSSR count). The van der Waals surface area contributed by atoms with Crippen molar-refractivity contribution in [2.75, 3.05) is 20.1 Å². The van der Waals surface area contributed by atoms with Crippen molar-refractivity contribution in [3.63, 3.8) is 0 Å². The van der Waals surface area contributed by atoms with Crippen molar-refractivity contribution < 1.29 is 9.59 Å². The van der Waals surface area contributed by atoms with Crippen LogP contribution in [-0.2, 0) is 17.9 Å². The van der Waals surface area contributed by atoms with Crippen LogP contribution in [0.5, 0.6) is 0 Å². The van der Waals surface area contributed by atoms with Gasteiger partial charge in [0.05, 0.1) is 11.6 Å². The molecule has 1 aromatic heterocycles. The molecule has 0 radical (unpaired) electrons. The van der Waals surface area contributed by atoms with Crippen LogP contribution in [0.3, 0.4) is 0 Å². The highest BCUT2D eigenvalue weighted by molar-refractivity contribution is 5.99. The molecule has 6 heteroatoms. The fourth-order valence-electron chi connectivity index (χ4n) is 4.20. The summed E-state index contributed by atoms with van der Waals surface area (Å²) >= 11 is 0. The van der Waals surface area contributed by atoms with Crippen LogP contribution in [0.4, 0.5) is 0 Å². The summed E-state index contributed by atoms with van der Waals surface area (Å²) in [5, 5.41) is 2.98. The largest absolute Gasteiger partial charge is 0.356 e. The smallest absolute Gasteiger partial charge is 0.224 e. The molecule has 6 nitrogen and oxygen atoms in total. The number of amides is 1. The number of rotatable bonds is 7. The first-order valence-electron chi connectivity index (χ1n) is 11.4. The number of fused-ring (bicyclic) bond motifs is 1. The molecule has 1 amide bonds. The molecule has 0 aliphatic carbocycles. The molecule has 0 bridgehead atoms. The molecule has 0 saturated carbocycles. The fourth-order valence-corrected chi connectivity index (χ4v) is 4.20. The van der Waals surface area contributed by atoms with E-state index in [9.17, 15) is 9.59 Å². The molecule has 0 spiro atoms. The third-order valence-electron chi connectivity index (χ3n) is 6.01. The second-order valence-corrected chi connectivity index (χ2v) is 9.68. The van der Waals surface area contributed by atoms with Gasteiger partial charge in [0.2, 0.25) is 5.91 Å². The molecule has 1 atom stereocenters. The Kier molecular flexibility index (Phi) is 7.31. The summed E-state index contributed by atoms with van der Waals surface area (Å²) in [4.78, 5) is 33.5. The molecule has 168 valence electrons. The van der Waals surface area contributed by atoms with Crippen molar-refractivity contribution in [2.24, 2.45) is 11.3 Å². The molecule has 1 N–H and O–H groups in total. The summed E-state index contributed by atoms with van der Waals surface area (Å²) in [6.07, 6.45) is 2.05. The highest BCUT2D eigenvalue weighted by atomic mass is 16.2. The Morgan fingerprint density at radius 2 is 1.87 bits per heavy atom. The van der Waals surface area contributed by atoms with Crippen LogP contribution in [0.1, 0.15) is 63.1 Å². The molecular weight excluding hydrogens is 388 g/mol. The standard InChI is InChI=1S/C25H36N4O2/c1-6-13-26-24(31)19(25(2,3)4)16-21(30)22-20-17-28(5)14-10-15-29(20)23(27-22)18-11-8-7-9-12-18/h7-9,11-12,19H,6,10,13-17H2,1-5H3,(H,26,31)/t19-/m1/s1. The summed E-state index contributed by atoms with van der Waals surface area (Å²) in [6, 6.07) is 10.0. The quantitative estimate of drug-likeness (QED) is 0.678. The number of Topliss-reactive ketones (excluding diaryl/α,β-unsaturated/α-hetero) is 1. The minimum Gasteiger partial charge on any atom is -0.356 e. The van der Waals surface area contributed by atoms with Gasteiger partial charge >= 0.3 is 0 Å². The molecule has 1 aliphatic heterocycles. The SMILES string of the molecule is CCCNC(=O)[C@@H](CC(=O)c1nc(-c2ccccc2)n2c1CN(C)CCC2)C(C)(C)C. The first-order valence-corrected chi connectivity index (χ1v) is 11.4. The van der Waals surface area contributed by atoms with Crippen molar-refractivity contribution in [2.45, 2.75) is 60.0 Å². The summed E-state index contributed by atoms with van der Waals surface area (Å²) in [7, 11) is 2.08. The number of aromatic nitrogens is 2. The van der Waals surface area contributed by atoms with Crippen LogP contribution in [-0.4, -0.2) is 46.3 Å². The van der Waals surface area contributed by atoms with E-state index < -0.39 is 5.92 Å². The average molecular weight is 425 g/mol. The van der Waals surface area contributed by atoms with Crippen LogP contribution in [0.15, 0.2) is 30.3 Å². The van der Waals surface area contributed by atoms with E-state index in [1.54, 1.807) is 0 Å². The Bertz CT molecular complexity index is 912. The van der Waals surface area contributed by atoms with E-state index in [2.05, 4.69) is 21.8 Å². The van der Waals surface area contributed by atoms with Crippen molar-refractivity contribution in [1.82, 2.24) is 19.8 Å². The van der Waals surface area contributed by atoms with E-state index in [1.807, 2.05) is 58.0 Å². The highest BCUT2D eigenvalue weighted by Gasteiger charge is 2.35. The maximum atomic E-state index is 13.5. The number of carbonyl (C=O) groups is 2. The fraction of sp³-hybridized carbons (Fsp3) is 0.560. The van der Waals surface area contributed by atoms with Crippen molar-refractivity contribution in [1.29, 1.82) is 0 Å². The lowest BCUT2D eigenvalue weighted by Crippen LogP contribution is -2.39. The maximum Gasteiger partial charge on any atom is 0.224 e. The third kappa shape index (κ3) is 5.42. The van der Waals surface area contributed by atoms with E-state index in [1.165, 1.54) is 0 Å². The maximum absolute atomic E-state index is 13.5. The Morgan fingerprint density at radius 3 is 2.52 bits per heavy atom. The number of hydrogen-bond acceptors (Lipinski definition) is 4. The van der Waals surface area contributed by atoms with Gasteiger partial charge in [0.15, 0.2) is 5.78 Å².